The third-order valence-electron chi connectivity index (χ3n) is 7.48. The van der Waals surface area contributed by atoms with E-state index in [1.54, 1.807) is 7.11 Å². The Morgan fingerprint density at radius 1 is 1.03 bits per heavy atom. The molecule has 1 atom stereocenters. The number of halogens is 1. The van der Waals surface area contributed by atoms with Crippen LogP contribution < -0.4 is 19.7 Å². The first-order valence-electron chi connectivity index (χ1n) is 12.7. The molecule has 1 saturated heterocycles. The van der Waals surface area contributed by atoms with Gasteiger partial charge in [0.1, 0.15) is 11.5 Å². The molecule has 2 aliphatic rings. The SMILES string of the molecule is COc1cc(N2CCN(C(C)c3ccc(OCCCNCC4CC4)c(C)c3C)CC2)ccc1Cl. The van der Waals surface area contributed by atoms with Crippen molar-refractivity contribution in [3.8, 4) is 11.5 Å². The molecule has 0 bridgehead atoms. The molecule has 0 amide bonds. The van der Waals surface area contributed by atoms with Gasteiger partial charge in [0.15, 0.2) is 0 Å². The van der Waals surface area contributed by atoms with Crippen molar-refractivity contribution in [2.75, 3.05) is 57.9 Å². The van der Waals surface area contributed by atoms with Gasteiger partial charge in [-0.2, -0.15) is 0 Å². The monoisotopic (exact) mass is 485 g/mol. The van der Waals surface area contributed by atoms with Gasteiger partial charge < -0.3 is 19.7 Å². The highest BCUT2D eigenvalue weighted by atomic mass is 35.5. The number of anilines is 1. The number of nitrogens with one attached hydrogen (secondary N) is 1. The van der Waals surface area contributed by atoms with Crippen LogP contribution in [-0.4, -0.2) is 57.9 Å². The van der Waals surface area contributed by atoms with Crippen LogP contribution in [-0.2, 0) is 0 Å². The van der Waals surface area contributed by atoms with E-state index in [1.807, 2.05) is 12.1 Å². The molecule has 1 unspecified atom stereocenters. The summed E-state index contributed by atoms with van der Waals surface area (Å²) in [6.07, 6.45) is 3.85. The second kappa shape index (κ2) is 11.7. The Bertz CT molecular complexity index is 955. The van der Waals surface area contributed by atoms with Gasteiger partial charge in [-0.05, 0) is 93.9 Å². The summed E-state index contributed by atoms with van der Waals surface area (Å²) >= 11 is 6.20. The minimum atomic E-state index is 0.376. The third-order valence-corrected chi connectivity index (χ3v) is 7.79. The first-order valence-corrected chi connectivity index (χ1v) is 13.1. The van der Waals surface area contributed by atoms with E-state index in [4.69, 9.17) is 21.1 Å². The summed E-state index contributed by atoms with van der Waals surface area (Å²) in [5.74, 6) is 2.69. The lowest BCUT2D eigenvalue weighted by Crippen LogP contribution is -2.47. The van der Waals surface area contributed by atoms with Crippen LogP contribution in [0, 0.1) is 19.8 Å². The maximum Gasteiger partial charge on any atom is 0.139 e. The van der Waals surface area contributed by atoms with E-state index in [1.165, 1.54) is 41.8 Å². The topological polar surface area (TPSA) is 37.0 Å². The van der Waals surface area contributed by atoms with Gasteiger partial charge in [0.2, 0.25) is 0 Å². The van der Waals surface area contributed by atoms with E-state index >= 15 is 0 Å². The molecule has 1 aliphatic heterocycles. The van der Waals surface area contributed by atoms with Gasteiger partial charge in [0, 0.05) is 44.0 Å². The molecule has 0 radical (unpaired) electrons. The molecule has 5 nitrogen and oxygen atoms in total. The van der Waals surface area contributed by atoms with Gasteiger partial charge >= 0.3 is 0 Å². The number of nitrogens with zero attached hydrogens (tertiary/aromatic N) is 2. The van der Waals surface area contributed by atoms with Gasteiger partial charge in [-0.25, -0.2) is 0 Å². The summed E-state index contributed by atoms with van der Waals surface area (Å²) in [6.45, 7) is 13.8. The Kier molecular flexibility index (Phi) is 8.62. The van der Waals surface area contributed by atoms with E-state index in [2.05, 4.69) is 54.1 Å². The fraction of sp³-hybridized carbons (Fsp3) is 0.571. The Labute approximate surface area is 210 Å². The molecule has 186 valence electrons. The molecule has 34 heavy (non-hydrogen) atoms. The number of benzene rings is 2. The molecule has 2 aromatic carbocycles. The van der Waals surface area contributed by atoms with E-state index in [0.717, 1.165) is 63.2 Å². The Morgan fingerprint density at radius 2 is 1.79 bits per heavy atom. The zero-order valence-electron chi connectivity index (χ0n) is 21.2. The minimum absolute atomic E-state index is 0.376. The normalized spacial score (nSPS) is 17.6. The Hall–Kier alpha value is -1.95. The predicted octanol–water partition coefficient (Wildman–Crippen LogP) is 5.62. The summed E-state index contributed by atoms with van der Waals surface area (Å²) in [7, 11) is 1.67. The lowest BCUT2D eigenvalue weighted by atomic mass is 9.96. The van der Waals surface area contributed by atoms with Crippen molar-refractivity contribution >= 4 is 17.3 Å². The van der Waals surface area contributed by atoms with Crippen molar-refractivity contribution in [3.05, 3.63) is 52.0 Å². The maximum atomic E-state index is 6.20. The van der Waals surface area contributed by atoms with Crippen LogP contribution in [0.2, 0.25) is 5.02 Å². The fourth-order valence-electron chi connectivity index (χ4n) is 4.84. The van der Waals surface area contributed by atoms with Crippen molar-refractivity contribution in [1.29, 1.82) is 0 Å². The smallest absolute Gasteiger partial charge is 0.139 e. The average Bonchev–Trinajstić information content (AvgIpc) is 3.68. The average molecular weight is 486 g/mol. The molecular formula is C28H40ClN3O2. The highest BCUT2D eigenvalue weighted by Gasteiger charge is 2.24. The molecule has 1 heterocycles. The zero-order chi connectivity index (χ0) is 24.1. The van der Waals surface area contributed by atoms with Crippen LogP contribution in [0.25, 0.3) is 0 Å². The van der Waals surface area contributed by atoms with Crippen molar-refractivity contribution in [3.63, 3.8) is 0 Å². The molecule has 2 fully saturated rings. The summed E-state index contributed by atoms with van der Waals surface area (Å²) in [6, 6.07) is 10.9. The fourth-order valence-corrected chi connectivity index (χ4v) is 5.04. The summed E-state index contributed by atoms with van der Waals surface area (Å²) in [5.41, 5.74) is 5.19. The minimum Gasteiger partial charge on any atom is -0.495 e. The van der Waals surface area contributed by atoms with Crippen LogP contribution in [0.15, 0.2) is 30.3 Å². The van der Waals surface area contributed by atoms with Crippen molar-refractivity contribution in [2.24, 2.45) is 5.92 Å². The molecule has 1 saturated carbocycles. The molecular weight excluding hydrogens is 446 g/mol. The van der Waals surface area contributed by atoms with E-state index < -0.39 is 0 Å². The molecule has 1 aliphatic carbocycles. The second-order valence-corrected chi connectivity index (χ2v) is 10.2. The van der Waals surface area contributed by atoms with Gasteiger partial charge in [0.25, 0.3) is 0 Å². The second-order valence-electron chi connectivity index (χ2n) is 9.77. The number of rotatable bonds is 11. The number of piperazine rings is 1. The largest absolute Gasteiger partial charge is 0.495 e. The number of ether oxygens (including phenoxy) is 2. The van der Waals surface area contributed by atoms with E-state index in [-0.39, 0.29) is 0 Å². The summed E-state index contributed by atoms with van der Waals surface area (Å²) < 4.78 is 11.5. The van der Waals surface area contributed by atoms with Gasteiger partial charge in [-0.3, -0.25) is 4.90 Å². The summed E-state index contributed by atoms with van der Waals surface area (Å²) in [5, 5.41) is 4.20. The maximum absolute atomic E-state index is 6.20. The summed E-state index contributed by atoms with van der Waals surface area (Å²) in [4.78, 5) is 4.99. The Morgan fingerprint density at radius 3 is 2.50 bits per heavy atom. The molecule has 1 N–H and O–H groups in total. The zero-order valence-corrected chi connectivity index (χ0v) is 22.0. The first kappa shape index (κ1) is 25.2. The van der Waals surface area contributed by atoms with E-state index in [9.17, 15) is 0 Å². The number of hydrogen-bond acceptors (Lipinski definition) is 5. The molecule has 6 heteroatoms. The first-order chi connectivity index (χ1) is 16.5. The molecule has 4 rings (SSSR count). The third kappa shape index (κ3) is 6.18. The van der Waals surface area contributed by atoms with Crippen molar-refractivity contribution in [1.82, 2.24) is 10.2 Å². The van der Waals surface area contributed by atoms with Crippen LogP contribution in [0.3, 0.4) is 0 Å². The molecule has 0 spiro atoms. The number of hydrogen-bond donors (Lipinski definition) is 1. The molecule has 2 aromatic rings. The van der Waals surface area contributed by atoms with Crippen LogP contribution in [0.5, 0.6) is 11.5 Å². The molecule has 0 aromatic heterocycles. The highest BCUT2D eigenvalue weighted by molar-refractivity contribution is 6.32. The predicted molar refractivity (Wildman–Crippen MR) is 142 cm³/mol. The van der Waals surface area contributed by atoms with E-state index in [0.29, 0.717) is 11.1 Å². The Balaban J connectivity index is 1.29. The highest BCUT2D eigenvalue weighted by Crippen LogP contribution is 2.33. The van der Waals surface area contributed by atoms with Crippen LogP contribution in [0.4, 0.5) is 5.69 Å². The van der Waals surface area contributed by atoms with Crippen molar-refractivity contribution < 1.29 is 9.47 Å². The number of methoxy groups -OCH3 is 1. The quantitative estimate of drug-likeness (QED) is 0.418. The van der Waals surface area contributed by atoms with Crippen LogP contribution >= 0.6 is 11.6 Å². The van der Waals surface area contributed by atoms with Gasteiger partial charge in [-0.15, -0.1) is 0 Å². The standard InChI is InChI=1S/C28H40ClN3O2/c1-20-21(2)27(34-17-5-12-30-19-23-6-7-23)11-9-25(20)22(3)31-13-15-32(16-14-31)24-8-10-26(29)28(18-24)33-4/h8-11,18,22-23,30H,5-7,12-17,19H2,1-4H3. The lowest BCUT2D eigenvalue weighted by molar-refractivity contribution is 0.198. The van der Waals surface area contributed by atoms with Crippen LogP contribution in [0.1, 0.15) is 48.9 Å². The lowest BCUT2D eigenvalue weighted by Gasteiger charge is -2.40. The van der Waals surface area contributed by atoms with Gasteiger partial charge in [-0.1, -0.05) is 17.7 Å². The van der Waals surface area contributed by atoms with Gasteiger partial charge in [0.05, 0.1) is 18.7 Å². The van der Waals surface area contributed by atoms with Crippen molar-refractivity contribution in [2.45, 2.75) is 46.1 Å².